The van der Waals surface area contributed by atoms with Crippen molar-refractivity contribution in [3.8, 4) is 0 Å². The van der Waals surface area contributed by atoms with Crippen LogP contribution in [-0.2, 0) is 81.8 Å². The summed E-state index contributed by atoms with van der Waals surface area (Å²) in [5.41, 5.74) is -4.71. The number of aryl methyl sites for hydroxylation is 3. The fraction of sp³-hybridized carbons (Fsp3) is 0.810. The Hall–Kier alpha value is -3.72. The maximum absolute atomic E-state index is 12.8. The normalized spacial score (nSPS) is 25.7. The van der Waals surface area contributed by atoms with E-state index in [0.717, 1.165) is 6.42 Å². The average Bonchev–Trinajstić information content (AvgIpc) is 1.65. The van der Waals surface area contributed by atoms with Crippen molar-refractivity contribution in [2.45, 2.75) is 255 Å². The number of hydrogen-bond acceptors (Lipinski definition) is 22. The third kappa shape index (κ3) is 27.0. The van der Waals surface area contributed by atoms with Gasteiger partial charge in [-0.3, -0.25) is 56.6 Å². The molecule has 0 aromatic carbocycles. The van der Waals surface area contributed by atoms with Gasteiger partial charge in [0.15, 0.2) is 18.7 Å². The van der Waals surface area contributed by atoms with Crippen molar-refractivity contribution in [3.05, 3.63) is 97.8 Å². The predicted octanol–water partition coefficient (Wildman–Crippen LogP) is 7.53. The molecule has 6 rings (SSSR count). The Kier molecular flexibility index (Phi) is 30.0. The van der Waals surface area contributed by atoms with Crippen molar-refractivity contribution in [1.82, 2.24) is 28.7 Å². The molecule has 3 aliphatic rings. The highest BCUT2D eigenvalue weighted by Crippen LogP contribution is 2.54. The maximum atomic E-state index is 12.8. The molecule has 3 aliphatic heterocycles. The van der Waals surface area contributed by atoms with E-state index in [1.807, 2.05) is 62.3 Å². The molecule has 32 heteroatoms. The summed E-state index contributed by atoms with van der Waals surface area (Å²) in [7, 11) is 0.134. The summed E-state index contributed by atoms with van der Waals surface area (Å²) in [5.74, 6) is 0. The van der Waals surface area contributed by atoms with Crippen LogP contribution in [0.5, 0.6) is 0 Å². The monoisotopic (exact) mass is 1410 g/mol. The number of aromatic nitrogens is 6. The molecule has 0 bridgehead atoms. The van der Waals surface area contributed by atoms with Crippen molar-refractivity contribution in [1.29, 1.82) is 0 Å². The summed E-state index contributed by atoms with van der Waals surface area (Å²) in [6.45, 7) is 37.4. The number of hydrogen-bond donors (Lipinski definition) is 5. The Labute approximate surface area is 562 Å². The van der Waals surface area contributed by atoms with Gasteiger partial charge in [-0.15, -0.1) is 0 Å². The quantitative estimate of drug-likeness (QED) is 0.0404. The van der Waals surface area contributed by atoms with E-state index in [-0.39, 0.29) is 48.3 Å². The topological polar surface area (TPSA) is 351 Å². The number of rotatable bonds is 25. The lowest BCUT2D eigenvalue weighted by molar-refractivity contribution is -0.134. The molecule has 0 amide bonds. The Balaban J connectivity index is 0.000000304. The highest BCUT2D eigenvalue weighted by atomic mass is 32.5. The first-order valence-corrected chi connectivity index (χ1v) is 35.8. The molecule has 546 valence electrons. The number of aromatic amines is 3. The number of nitrogens with one attached hydrogen (secondary N) is 3. The first kappa shape index (κ1) is 83.7. The Morgan fingerprint density at radius 3 is 1.00 bits per heavy atom. The number of H-pyrrole nitrogens is 3. The van der Waals surface area contributed by atoms with Crippen LogP contribution in [0.15, 0.2) is 47.4 Å². The van der Waals surface area contributed by atoms with E-state index in [1.54, 1.807) is 76.5 Å². The summed E-state index contributed by atoms with van der Waals surface area (Å²) in [5, 5.41) is 0. The second-order valence-electron chi connectivity index (χ2n) is 30.6. The van der Waals surface area contributed by atoms with Crippen LogP contribution in [0.2, 0.25) is 0 Å². The molecular weight excluding hydrogens is 1300 g/mol. The Morgan fingerprint density at radius 1 is 0.442 bits per heavy atom. The van der Waals surface area contributed by atoms with Crippen LogP contribution in [0.3, 0.4) is 0 Å². The van der Waals surface area contributed by atoms with E-state index >= 15 is 0 Å². The van der Waals surface area contributed by atoms with Crippen molar-refractivity contribution in [2.75, 3.05) is 61.0 Å². The van der Waals surface area contributed by atoms with Gasteiger partial charge in [-0.2, -0.15) is 0 Å². The smallest absolute Gasteiger partial charge is 0.382 e. The van der Waals surface area contributed by atoms with Gasteiger partial charge in [0.05, 0.1) is 74.8 Å². The highest BCUT2D eigenvalue weighted by Gasteiger charge is 2.54. The second-order valence-corrected chi connectivity index (χ2v) is 34.6. The van der Waals surface area contributed by atoms with Crippen LogP contribution < -0.4 is 33.7 Å². The average molecular weight is 1410 g/mol. The van der Waals surface area contributed by atoms with E-state index in [0.29, 0.717) is 49.4 Å². The predicted molar refractivity (Wildman–Crippen MR) is 359 cm³/mol. The van der Waals surface area contributed by atoms with Gasteiger partial charge in [-0.1, -0.05) is 62.3 Å². The van der Waals surface area contributed by atoms with Gasteiger partial charge in [0.1, 0.15) is 36.6 Å². The molecule has 0 saturated carbocycles. The molecule has 3 fully saturated rings. The molecule has 5 N–H and O–H groups in total. The van der Waals surface area contributed by atoms with Crippen LogP contribution in [-0.4, -0.2) is 171 Å². The van der Waals surface area contributed by atoms with Crippen LogP contribution in [0.25, 0.3) is 0 Å². The second kappa shape index (κ2) is 34.1. The molecule has 3 saturated heterocycles. The van der Waals surface area contributed by atoms with Gasteiger partial charge in [0.2, 0.25) is 0 Å². The number of phosphoric ester groups is 1. The molecule has 6 heterocycles. The molecule has 95 heavy (non-hydrogen) atoms. The number of phosphoric acid groups is 1. The minimum absolute atomic E-state index is 0.0119. The van der Waals surface area contributed by atoms with Gasteiger partial charge in [-0.05, 0) is 130 Å². The first-order valence-electron chi connectivity index (χ1n) is 31.7. The molecule has 0 radical (unpaired) electrons. The number of methoxy groups -OCH3 is 3. The lowest BCUT2D eigenvalue weighted by Gasteiger charge is -2.33. The lowest BCUT2D eigenvalue weighted by atomic mass is 9.87. The number of nitrogens with zero attached hydrogens (tertiary/aromatic N) is 3. The Bertz CT molecular complexity index is 3260. The molecule has 5 unspecified atom stereocenters. The highest BCUT2D eigenvalue weighted by molar-refractivity contribution is 8.07. The summed E-state index contributed by atoms with van der Waals surface area (Å²) >= 11 is 5.30. The molecule has 0 aliphatic carbocycles. The lowest BCUT2D eigenvalue weighted by Crippen LogP contribution is -2.44. The molecule has 29 nitrogen and oxygen atoms in total. The number of ether oxygens (including phenoxy) is 10. The zero-order valence-electron chi connectivity index (χ0n) is 60.1. The fourth-order valence-corrected chi connectivity index (χ4v) is 14.2. The molecule has 3 aromatic rings. The van der Waals surface area contributed by atoms with Gasteiger partial charge in [0, 0.05) is 56.6 Å². The maximum Gasteiger partial charge on any atom is 0.473 e. The van der Waals surface area contributed by atoms with Gasteiger partial charge < -0.3 is 61.7 Å². The summed E-state index contributed by atoms with van der Waals surface area (Å²) in [4.78, 5) is 102. The molecular formula is C63H110N6O23P2S. The SMILES string of the molecule is COCCOC1[C@@H](OC(C)(C)C)[C@@H](CC(C)(C)C)O[C@H]1n1cc(C)c(=O)[nH]c1=O.COCCOC1[C@@H](OP(=O)(O)OC(C)(C)C)[C@@H](CC(C)(C)C)O[C@H]1n1cc(C)c(=O)[nH]c1=O.COCCOC1[C@@H](OP(O)(=S)OC(C)(C)C)[C@@H](CC(C)(C)C)O[C@H]1n1cc(C)c(=O)[nH]c1=O. The van der Waals surface area contributed by atoms with Gasteiger partial charge in [-0.25, -0.2) is 18.9 Å². The van der Waals surface area contributed by atoms with Gasteiger partial charge >= 0.3 is 31.6 Å². The Morgan fingerprint density at radius 2 is 0.726 bits per heavy atom. The standard InChI is InChI=1S/C21H37N2O9P.C21H37N2O8PS.C21H36N2O6/c1-13-12-23(19(25)22-17(13)24)18-16(29-10-9-28-8)15(14(30-18)11-20(2,3)4)31-33(26,27)32-21(5,6)7;1-13-12-23(19(25)22-17(13)24)18-16(28-10-9-27-8)15(14(29-18)11-20(2,3)4)30-32(26,33)31-21(5,6)7;1-13-12-23(19(25)22-17(13)24)18-16(27-10-9-26-8)15(29-21(5,6)7)14(28-18)11-20(2,3)4/h12,14-16,18H,9-11H2,1-8H3,(H,26,27)(H,22,24,25);12,14-16,18H,9-11H2,1-8H3,(H,26,33)(H,22,24,25);12,14-16,18H,9-11H2,1-8H3,(H,22,24,25)/t14-,15+,16?,18-;14-,15+,16?,18-,32?;14-,15+,16?,18-/m111/s1. The minimum Gasteiger partial charge on any atom is -0.382 e. The van der Waals surface area contributed by atoms with E-state index in [2.05, 4.69) is 35.7 Å². The van der Waals surface area contributed by atoms with Crippen molar-refractivity contribution < 1.29 is 79.8 Å². The third-order valence-corrected chi connectivity index (χ3v) is 17.2. The van der Waals surface area contributed by atoms with E-state index in [9.17, 15) is 43.1 Å². The summed E-state index contributed by atoms with van der Waals surface area (Å²) in [6, 6.07) is 0. The van der Waals surface area contributed by atoms with E-state index in [4.69, 9.17) is 77.3 Å². The largest absolute Gasteiger partial charge is 0.473 e. The van der Waals surface area contributed by atoms with Crippen molar-refractivity contribution in [2.24, 2.45) is 16.2 Å². The summed E-state index contributed by atoms with van der Waals surface area (Å²) in [6.07, 6.45) is -2.75. The van der Waals surface area contributed by atoms with Crippen molar-refractivity contribution >= 4 is 26.3 Å². The van der Waals surface area contributed by atoms with Crippen LogP contribution in [0, 0.1) is 37.0 Å². The zero-order chi connectivity index (χ0) is 72.4. The first-order chi connectivity index (χ1) is 43.4. The van der Waals surface area contributed by atoms with Gasteiger partial charge in [0.25, 0.3) is 16.7 Å². The molecule has 3 aromatic heterocycles. The zero-order valence-corrected chi connectivity index (χ0v) is 62.7. The van der Waals surface area contributed by atoms with Crippen LogP contribution >= 0.6 is 14.5 Å². The minimum atomic E-state index is -4.53. The van der Waals surface area contributed by atoms with E-state index in [1.165, 1.54) is 39.4 Å². The van der Waals surface area contributed by atoms with Crippen molar-refractivity contribution in [3.63, 3.8) is 0 Å². The third-order valence-electron chi connectivity index (χ3n) is 14.1. The molecule has 14 atom stereocenters. The van der Waals surface area contributed by atoms with E-state index < -0.39 is 127 Å². The van der Waals surface area contributed by atoms with Crippen LogP contribution in [0.1, 0.15) is 179 Å². The van der Waals surface area contributed by atoms with Crippen LogP contribution in [0.4, 0.5) is 0 Å². The fourth-order valence-electron chi connectivity index (χ4n) is 10.6. The summed E-state index contributed by atoms with van der Waals surface area (Å²) < 4.78 is 97.9. The molecule has 0 spiro atoms.